The smallest absolute Gasteiger partial charge is 0.0314 e. The molecule has 0 aliphatic carbocycles. The SMILES string of the molecule is CN(CCCc1ccc(N)cc1)Cc1ccccc1. The molecule has 0 aliphatic rings. The van der Waals surface area contributed by atoms with Crippen LogP contribution in [0.1, 0.15) is 17.5 Å². The molecule has 0 spiro atoms. The van der Waals surface area contributed by atoms with Gasteiger partial charge in [-0.3, -0.25) is 0 Å². The van der Waals surface area contributed by atoms with Crippen LogP contribution in [0.25, 0.3) is 0 Å². The summed E-state index contributed by atoms with van der Waals surface area (Å²) in [5.74, 6) is 0. The molecular weight excluding hydrogens is 232 g/mol. The van der Waals surface area contributed by atoms with Crippen LogP contribution < -0.4 is 5.73 Å². The molecule has 100 valence electrons. The first-order valence-electron chi connectivity index (χ1n) is 6.81. The summed E-state index contributed by atoms with van der Waals surface area (Å²) in [4.78, 5) is 2.37. The third-order valence-corrected chi connectivity index (χ3v) is 3.28. The van der Waals surface area contributed by atoms with Crippen molar-refractivity contribution in [1.29, 1.82) is 0 Å². The molecule has 0 heterocycles. The van der Waals surface area contributed by atoms with Gasteiger partial charge in [-0.05, 0) is 49.7 Å². The van der Waals surface area contributed by atoms with Gasteiger partial charge in [-0.1, -0.05) is 42.5 Å². The van der Waals surface area contributed by atoms with Crippen LogP contribution in [0.5, 0.6) is 0 Å². The predicted molar refractivity (Wildman–Crippen MR) is 82.0 cm³/mol. The lowest BCUT2D eigenvalue weighted by molar-refractivity contribution is 0.322. The van der Waals surface area contributed by atoms with Crippen molar-refractivity contribution in [2.24, 2.45) is 0 Å². The number of rotatable bonds is 6. The van der Waals surface area contributed by atoms with E-state index in [-0.39, 0.29) is 0 Å². The van der Waals surface area contributed by atoms with Crippen molar-refractivity contribution in [2.75, 3.05) is 19.3 Å². The van der Waals surface area contributed by atoms with Gasteiger partial charge in [0.15, 0.2) is 0 Å². The zero-order valence-corrected chi connectivity index (χ0v) is 11.5. The lowest BCUT2D eigenvalue weighted by atomic mass is 10.1. The molecule has 0 atom stereocenters. The number of benzene rings is 2. The molecule has 2 aromatic rings. The maximum atomic E-state index is 5.68. The molecule has 0 aliphatic heterocycles. The molecule has 0 unspecified atom stereocenters. The van der Waals surface area contributed by atoms with Crippen LogP contribution >= 0.6 is 0 Å². The van der Waals surface area contributed by atoms with Crippen LogP contribution in [0.4, 0.5) is 5.69 Å². The fraction of sp³-hybridized carbons (Fsp3) is 0.294. The summed E-state index contributed by atoms with van der Waals surface area (Å²) in [6, 6.07) is 18.8. The number of hydrogen-bond donors (Lipinski definition) is 1. The van der Waals surface area contributed by atoms with Gasteiger partial charge in [-0.25, -0.2) is 0 Å². The van der Waals surface area contributed by atoms with E-state index in [2.05, 4.69) is 54.4 Å². The van der Waals surface area contributed by atoms with Gasteiger partial charge in [0, 0.05) is 12.2 Å². The highest BCUT2D eigenvalue weighted by atomic mass is 15.1. The van der Waals surface area contributed by atoms with Gasteiger partial charge in [-0.15, -0.1) is 0 Å². The average Bonchev–Trinajstić information content (AvgIpc) is 2.42. The second-order valence-electron chi connectivity index (χ2n) is 5.07. The highest BCUT2D eigenvalue weighted by Crippen LogP contribution is 2.09. The topological polar surface area (TPSA) is 29.3 Å². The first-order valence-corrected chi connectivity index (χ1v) is 6.81. The van der Waals surface area contributed by atoms with Gasteiger partial charge in [0.25, 0.3) is 0 Å². The lowest BCUT2D eigenvalue weighted by Gasteiger charge is -2.16. The Bertz CT molecular complexity index is 476. The second kappa shape index (κ2) is 6.95. The molecule has 0 bridgehead atoms. The molecule has 0 amide bonds. The van der Waals surface area contributed by atoms with E-state index in [0.717, 1.165) is 25.2 Å². The first kappa shape index (κ1) is 13.6. The molecule has 0 radical (unpaired) electrons. The van der Waals surface area contributed by atoms with E-state index < -0.39 is 0 Å². The zero-order chi connectivity index (χ0) is 13.5. The van der Waals surface area contributed by atoms with Crippen molar-refractivity contribution in [2.45, 2.75) is 19.4 Å². The van der Waals surface area contributed by atoms with Crippen molar-refractivity contribution in [3.63, 3.8) is 0 Å². The summed E-state index contributed by atoms with van der Waals surface area (Å²) in [5, 5.41) is 0. The summed E-state index contributed by atoms with van der Waals surface area (Å²) in [6.45, 7) is 2.13. The number of aryl methyl sites for hydroxylation is 1. The van der Waals surface area contributed by atoms with Gasteiger partial charge in [0.05, 0.1) is 0 Å². The summed E-state index contributed by atoms with van der Waals surface area (Å²) in [5.41, 5.74) is 9.26. The van der Waals surface area contributed by atoms with Crippen LogP contribution in [-0.2, 0) is 13.0 Å². The molecule has 2 N–H and O–H groups in total. The van der Waals surface area contributed by atoms with E-state index in [1.54, 1.807) is 0 Å². The summed E-state index contributed by atoms with van der Waals surface area (Å²) >= 11 is 0. The minimum Gasteiger partial charge on any atom is -0.399 e. The number of anilines is 1. The normalized spacial score (nSPS) is 10.8. The third-order valence-electron chi connectivity index (χ3n) is 3.28. The van der Waals surface area contributed by atoms with E-state index in [9.17, 15) is 0 Å². The minimum absolute atomic E-state index is 0.838. The first-order chi connectivity index (χ1) is 9.24. The Morgan fingerprint density at radius 2 is 1.58 bits per heavy atom. The maximum absolute atomic E-state index is 5.68. The zero-order valence-electron chi connectivity index (χ0n) is 11.5. The Morgan fingerprint density at radius 1 is 0.895 bits per heavy atom. The van der Waals surface area contributed by atoms with Crippen LogP contribution in [0, 0.1) is 0 Å². The minimum atomic E-state index is 0.838. The van der Waals surface area contributed by atoms with Crippen LogP contribution in [0.15, 0.2) is 54.6 Å². The second-order valence-corrected chi connectivity index (χ2v) is 5.07. The van der Waals surface area contributed by atoms with Gasteiger partial charge in [0.1, 0.15) is 0 Å². The quantitative estimate of drug-likeness (QED) is 0.801. The predicted octanol–water partition coefficient (Wildman–Crippen LogP) is 3.33. The Balaban J connectivity index is 1.72. The maximum Gasteiger partial charge on any atom is 0.0314 e. The van der Waals surface area contributed by atoms with E-state index in [1.165, 1.54) is 17.5 Å². The molecule has 0 fully saturated rings. The van der Waals surface area contributed by atoms with E-state index >= 15 is 0 Å². The largest absolute Gasteiger partial charge is 0.399 e. The number of nitrogens with zero attached hydrogens (tertiary/aromatic N) is 1. The van der Waals surface area contributed by atoms with Crippen molar-refractivity contribution < 1.29 is 0 Å². The van der Waals surface area contributed by atoms with Crippen LogP contribution in [0.3, 0.4) is 0 Å². The molecule has 0 saturated carbocycles. The van der Waals surface area contributed by atoms with Crippen molar-refractivity contribution >= 4 is 5.69 Å². The molecule has 19 heavy (non-hydrogen) atoms. The molecule has 2 aromatic carbocycles. The van der Waals surface area contributed by atoms with Gasteiger partial charge >= 0.3 is 0 Å². The molecule has 0 saturated heterocycles. The van der Waals surface area contributed by atoms with Crippen molar-refractivity contribution in [3.05, 3.63) is 65.7 Å². The Hall–Kier alpha value is -1.80. The van der Waals surface area contributed by atoms with Crippen molar-refractivity contribution in [3.8, 4) is 0 Å². The highest BCUT2D eigenvalue weighted by Gasteiger charge is 2.00. The Labute approximate surface area is 115 Å². The molecule has 2 heteroatoms. The fourth-order valence-electron chi connectivity index (χ4n) is 2.21. The Morgan fingerprint density at radius 3 is 2.26 bits per heavy atom. The van der Waals surface area contributed by atoms with Gasteiger partial charge < -0.3 is 10.6 Å². The van der Waals surface area contributed by atoms with E-state index in [0.29, 0.717) is 0 Å². The van der Waals surface area contributed by atoms with E-state index in [1.807, 2.05) is 12.1 Å². The number of nitrogen functional groups attached to an aromatic ring is 1. The molecule has 2 rings (SSSR count). The molecular formula is C17H22N2. The summed E-state index contributed by atoms with van der Waals surface area (Å²) < 4.78 is 0. The van der Waals surface area contributed by atoms with Crippen molar-refractivity contribution in [1.82, 2.24) is 4.90 Å². The van der Waals surface area contributed by atoms with Crippen LogP contribution in [-0.4, -0.2) is 18.5 Å². The average molecular weight is 254 g/mol. The monoisotopic (exact) mass is 254 g/mol. The lowest BCUT2D eigenvalue weighted by Crippen LogP contribution is -2.19. The third kappa shape index (κ3) is 4.76. The molecule has 0 aromatic heterocycles. The number of nitrogens with two attached hydrogens (primary N) is 1. The summed E-state index contributed by atoms with van der Waals surface area (Å²) in [7, 11) is 2.18. The fourth-order valence-corrected chi connectivity index (χ4v) is 2.21. The highest BCUT2D eigenvalue weighted by molar-refractivity contribution is 5.39. The summed E-state index contributed by atoms with van der Waals surface area (Å²) in [6.07, 6.45) is 2.28. The molecule has 2 nitrogen and oxygen atoms in total. The number of hydrogen-bond acceptors (Lipinski definition) is 2. The van der Waals surface area contributed by atoms with Gasteiger partial charge in [0.2, 0.25) is 0 Å². The standard InChI is InChI=1S/C17H22N2/c1-19(14-16-6-3-2-4-7-16)13-5-8-15-9-11-17(18)12-10-15/h2-4,6-7,9-12H,5,8,13-14,18H2,1H3. The Kier molecular flexibility index (Phi) is 4.99. The van der Waals surface area contributed by atoms with Gasteiger partial charge in [-0.2, -0.15) is 0 Å². The van der Waals surface area contributed by atoms with Crippen LogP contribution in [0.2, 0.25) is 0 Å². The van der Waals surface area contributed by atoms with E-state index in [4.69, 9.17) is 5.73 Å².